The van der Waals surface area contributed by atoms with Gasteiger partial charge in [0.2, 0.25) is 0 Å². The maximum atomic E-state index is 13.6. The van der Waals surface area contributed by atoms with Crippen molar-refractivity contribution in [2.24, 2.45) is 5.41 Å². The molecule has 0 bridgehead atoms. The highest BCUT2D eigenvalue weighted by Gasteiger charge is 2.54. The molecule has 3 amide bonds. The normalized spacial score (nSPS) is 24.0. The van der Waals surface area contributed by atoms with Gasteiger partial charge in [0.1, 0.15) is 5.60 Å². The molecule has 10 heteroatoms. The molecular formula is C27H38N4O6. The maximum absolute atomic E-state index is 13.6. The Labute approximate surface area is 218 Å². The smallest absolute Gasteiger partial charge is 0.337 e. The summed E-state index contributed by atoms with van der Waals surface area (Å²) in [6.45, 7) is 8.94. The summed E-state index contributed by atoms with van der Waals surface area (Å²) < 4.78 is 10.5. The van der Waals surface area contributed by atoms with Crippen LogP contribution in [0.15, 0.2) is 18.2 Å². The molecule has 202 valence electrons. The number of ether oxygens (including phenoxy) is 2. The Bertz CT molecular complexity index is 1060. The van der Waals surface area contributed by atoms with Crippen molar-refractivity contribution in [3.63, 3.8) is 0 Å². The number of nitrogens with one attached hydrogen (secondary N) is 2. The van der Waals surface area contributed by atoms with Gasteiger partial charge in [-0.3, -0.25) is 14.5 Å². The van der Waals surface area contributed by atoms with Gasteiger partial charge < -0.3 is 25.0 Å². The molecule has 3 saturated heterocycles. The van der Waals surface area contributed by atoms with E-state index in [2.05, 4.69) is 15.5 Å². The van der Waals surface area contributed by atoms with Crippen LogP contribution in [0.3, 0.4) is 0 Å². The highest BCUT2D eigenvalue weighted by atomic mass is 16.6. The summed E-state index contributed by atoms with van der Waals surface area (Å²) in [4.78, 5) is 54.8. The average Bonchev–Trinajstić information content (AvgIpc) is 3.10. The number of urea groups is 1. The molecule has 4 rings (SSSR count). The highest BCUT2D eigenvalue weighted by molar-refractivity contribution is 6.05. The molecule has 1 unspecified atom stereocenters. The molecule has 3 aliphatic rings. The van der Waals surface area contributed by atoms with Crippen LogP contribution in [0.25, 0.3) is 0 Å². The highest BCUT2D eigenvalue weighted by Crippen LogP contribution is 2.46. The SMILES string of the molecule is CCNC(=O)Nc1ccc(C(=O)OC)cc1C(=O)N1CCC(N2CCCC3(C2)CC(C)(C)OC3=O)CC1. The van der Waals surface area contributed by atoms with Gasteiger partial charge >= 0.3 is 18.0 Å². The quantitative estimate of drug-likeness (QED) is 0.580. The van der Waals surface area contributed by atoms with Crippen molar-refractivity contribution in [3.8, 4) is 0 Å². The van der Waals surface area contributed by atoms with Gasteiger partial charge in [-0.15, -0.1) is 0 Å². The summed E-state index contributed by atoms with van der Waals surface area (Å²) in [5.41, 5.74) is -0.0180. The molecule has 0 aliphatic carbocycles. The minimum atomic E-state index is -0.551. The van der Waals surface area contributed by atoms with Crippen LogP contribution in [0.2, 0.25) is 0 Å². The number of amides is 3. The first kappa shape index (κ1) is 26.9. The standard InChI is InChI=1S/C27H38N4O6/c1-5-28-25(35)29-21-8-7-18(23(33)36-4)15-20(21)22(32)30-13-9-19(10-14-30)31-12-6-11-27(17-31)16-26(2,3)37-24(27)34/h7-8,15,19H,5-6,9-14,16-17H2,1-4H3,(H2,28,29,35). The molecule has 0 saturated carbocycles. The zero-order valence-electron chi connectivity index (χ0n) is 22.2. The molecule has 37 heavy (non-hydrogen) atoms. The number of rotatable bonds is 5. The number of methoxy groups -OCH3 is 1. The van der Waals surface area contributed by atoms with E-state index in [4.69, 9.17) is 9.47 Å². The van der Waals surface area contributed by atoms with Crippen LogP contribution in [-0.4, -0.2) is 85.2 Å². The van der Waals surface area contributed by atoms with Gasteiger partial charge in [-0.25, -0.2) is 9.59 Å². The van der Waals surface area contributed by atoms with Gasteiger partial charge in [-0.2, -0.15) is 0 Å². The van der Waals surface area contributed by atoms with Crippen LogP contribution in [0.5, 0.6) is 0 Å². The van der Waals surface area contributed by atoms with Crippen molar-refractivity contribution in [1.29, 1.82) is 0 Å². The van der Waals surface area contributed by atoms with Crippen molar-refractivity contribution in [1.82, 2.24) is 15.1 Å². The van der Waals surface area contributed by atoms with Gasteiger partial charge in [0.15, 0.2) is 0 Å². The lowest BCUT2D eigenvalue weighted by Crippen LogP contribution is -2.53. The monoisotopic (exact) mass is 514 g/mol. The third-order valence-corrected chi connectivity index (χ3v) is 7.70. The molecule has 3 aliphatic heterocycles. The number of nitrogens with zero attached hydrogens (tertiary/aromatic N) is 2. The van der Waals surface area contributed by atoms with Crippen molar-refractivity contribution >= 4 is 29.6 Å². The second kappa shape index (κ2) is 10.7. The molecule has 2 N–H and O–H groups in total. The lowest BCUT2D eigenvalue weighted by atomic mass is 9.74. The maximum Gasteiger partial charge on any atom is 0.337 e. The molecule has 1 spiro atoms. The molecule has 3 fully saturated rings. The number of likely N-dealkylation sites (tertiary alicyclic amines) is 2. The largest absolute Gasteiger partial charge is 0.465 e. The molecule has 1 atom stereocenters. The number of benzene rings is 1. The Morgan fingerprint density at radius 2 is 1.89 bits per heavy atom. The van der Waals surface area contributed by atoms with E-state index in [1.54, 1.807) is 17.9 Å². The van der Waals surface area contributed by atoms with Crippen molar-refractivity contribution < 1.29 is 28.7 Å². The minimum absolute atomic E-state index is 0.0764. The van der Waals surface area contributed by atoms with E-state index in [-0.39, 0.29) is 29.0 Å². The van der Waals surface area contributed by atoms with Gasteiger partial charge in [0.25, 0.3) is 5.91 Å². The van der Waals surface area contributed by atoms with Crippen LogP contribution in [0, 0.1) is 5.41 Å². The summed E-state index contributed by atoms with van der Waals surface area (Å²) in [5, 5.41) is 5.37. The second-order valence-electron chi connectivity index (χ2n) is 10.9. The van der Waals surface area contributed by atoms with Gasteiger partial charge in [-0.1, -0.05) is 0 Å². The van der Waals surface area contributed by atoms with Gasteiger partial charge in [0.05, 0.1) is 29.3 Å². The van der Waals surface area contributed by atoms with Crippen molar-refractivity contribution in [3.05, 3.63) is 29.3 Å². The predicted molar refractivity (Wildman–Crippen MR) is 137 cm³/mol. The third-order valence-electron chi connectivity index (χ3n) is 7.70. The number of hydrogen-bond acceptors (Lipinski definition) is 7. The molecule has 3 heterocycles. The molecule has 1 aromatic carbocycles. The lowest BCUT2D eigenvalue weighted by molar-refractivity contribution is -0.154. The summed E-state index contributed by atoms with van der Waals surface area (Å²) in [7, 11) is 1.28. The van der Waals surface area contributed by atoms with Gasteiger partial charge in [-0.05, 0) is 71.2 Å². The fraction of sp³-hybridized carbons (Fsp3) is 0.630. The molecular weight excluding hydrogens is 476 g/mol. The number of hydrogen-bond donors (Lipinski definition) is 2. The lowest BCUT2D eigenvalue weighted by Gasteiger charge is -2.45. The van der Waals surface area contributed by atoms with Gasteiger partial charge in [0, 0.05) is 38.6 Å². The summed E-state index contributed by atoms with van der Waals surface area (Å²) in [5.74, 6) is -0.871. The Hall–Kier alpha value is -3.14. The molecule has 0 aromatic heterocycles. The number of carbonyl (C=O) groups is 4. The second-order valence-corrected chi connectivity index (χ2v) is 10.9. The van der Waals surface area contributed by atoms with E-state index in [1.807, 2.05) is 13.8 Å². The van der Waals surface area contributed by atoms with Crippen LogP contribution in [-0.2, 0) is 14.3 Å². The molecule has 1 aromatic rings. The van der Waals surface area contributed by atoms with E-state index >= 15 is 0 Å². The summed E-state index contributed by atoms with van der Waals surface area (Å²) >= 11 is 0. The van der Waals surface area contributed by atoms with Crippen LogP contribution in [0.1, 0.15) is 73.6 Å². The summed E-state index contributed by atoms with van der Waals surface area (Å²) in [6, 6.07) is 4.42. The Balaban J connectivity index is 1.45. The van der Waals surface area contributed by atoms with Crippen LogP contribution >= 0.6 is 0 Å². The number of cyclic esters (lactones) is 1. The Morgan fingerprint density at radius 1 is 1.16 bits per heavy atom. The van der Waals surface area contributed by atoms with E-state index in [0.29, 0.717) is 31.9 Å². The molecule has 0 radical (unpaired) electrons. The Morgan fingerprint density at radius 3 is 2.51 bits per heavy atom. The average molecular weight is 515 g/mol. The van der Waals surface area contributed by atoms with Crippen LogP contribution in [0.4, 0.5) is 10.5 Å². The first-order chi connectivity index (χ1) is 17.6. The minimum Gasteiger partial charge on any atom is -0.465 e. The number of carbonyl (C=O) groups excluding carboxylic acids is 4. The molecule has 10 nitrogen and oxygen atoms in total. The van der Waals surface area contributed by atoms with Crippen LogP contribution < -0.4 is 10.6 Å². The Kier molecular flexibility index (Phi) is 7.77. The van der Waals surface area contributed by atoms with E-state index in [1.165, 1.54) is 19.2 Å². The number of piperidine rings is 2. The first-order valence-electron chi connectivity index (χ1n) is 13.1. The zero-order chi connectivity index (χ0) is 26.8. The topological polar surface area (TPSA) is 117 Å². The number of esters is 2. The summed E-state index contributed by atoms with van der Waals surface area (Å²) in [6.07, 6.45) is 4.14. The fourth-order valence-electron chi connectivity index (χ4n) is 6.08. The number of anilines is 1. The van der Waals surface area contributed by atoms with E-state index in [9.17, 15) is 19.2 Å². The first-order valence-corrected chi connectivity index (χ1v) is 13.1. The zero-order valence-corrected chi connectivity index (χ0v) is 22.2. The van der Waals surface area contributed by atoms with Crippen molar-refractivity contribution in [2.45, 2.75) is 64.5 Å². The third kappa shape index (κ3) is 5.74. The van der Waals surface area contributed by atoms with E-state index in [0.717, 1.165) is 38.6 Å². The fourth-order valence-corrected chi connectivity index (χ4v) is 6.08. The predicted octanol–water partition coefficient (Wildman–Crippen LogP) is 3.03. The van der Waals surface area contributed by atoms with Crippen molar-refractivity contribution in [2.75, 3.05) is 45.2 Å². The van der Waals surface area contributed by atoms with E-state index < -0.39 is 23.0 Å².